The van der Waals surface area contributed by atoms with Gasteiger partial charge in [-0.05, 0) is 57.5 Å². The van der Waals surface area contributed by atoms with Crippen LogP contribution in [0.25, 0.3) is 22.6 Å². The molecule has 13 heteroatoms. The third kappa shape index (κ3) is 5.74. The Morgan fingerprint density at radius 3 is 2.81 bits per heavy atom. The number of hydrogen-bond donors (Lipinski definition) is 8. The van der Waals surface area contributed by atoms with Crippen LogP contribution in [0.2, 0.25) is 0 Å². The van der Waals surface area contributed by atoms with E-state index in [0.29, 0.717) is 45.9 Å². The van der Waals surface area contributed by atoms with Gasteiger partial charge in [-0.3, -0.25) is 20.0 Å². The molecule has 1 aromatic carbocycles. The highest BCUT2D eigenvalue weighted by Crippen LogP contribution is 2.26. The van der Waals surface area contributed by atoms with Gasteiger partial charge in [0, 0.05) is 30.4 Å². The zero-order valence-electron chi connectivity index (χ0n) is 20.5. The fourth-order valence-electron chi connectivity index (χ4n) is 4.69. The maximum atomic E-state index is 13.1. The van der Waals surface area contributed by atoms with E-state index in [1.807, 2.05) is 6.92 Å². The van der Waals surface area contributed by atoms with Crippen LogP contribution in [-0.2, 0) is 9.53 Å². The minimum absolute atomic E-state index is 0.0313. The van der Waals surface area contributed by atoms with Crippen LogP contribution in [0.3, 0.4) is 0 Å². The number of piperidine rings is 1. The van der Waals surface area contributed by atoms with Crippen LogP contribution in [-0.4, -0.2) is 86.5 Å². The number of aliphatic hydroxyl groups is 2. The van der Waals surface area contributed by atoms with Gasteiger partial charge in [0.2, 0.25) is 0 Å². The van der Waals surface area contributed by atoms with E-state index in [-0.39, 0.29) is 30.9 Å². The van der Waals surface area contributed by atoms with Crippen LogP contribution in [0.5, 0.6) is 0 Å². The molecule has 2 aliphatic rings. The predicted octanol–water partition coefficient (Wildman–Crippen LogP) is 0.0871. The molecule has 0 radical (unpaired) electrons. The SMILES string of the molecule is Cc1[nH]nc(-c2nc3ccc(NC(O)CNC(O)C4CCC(=O)O4)cc3[nH]2)c1C(=O)NC1CCNCC1. The number of amides is 1. The molecule has 3 unspecified atom stereocenters. The number of nitrogens with zero attached hydrogens (tertiary/aromatic N) is 2. The van der Waals surface area contributed by atoms with Crippen LogP contribution >= 0.6 is 0 Å². The molecular weight excluding hydrogens is 480 g/mol. The molecule has 3 aromatic rings. The average molecular weight is 513 g/mol. The van der Waals surface area contributed by atoms with Crippen LogP contribution in [0.15, 0.2) is 18.2 Å². The number of fused-ring (bicyclic) bond motifs is 1. The summed E-state index contributed by atoms with van der Waals surface area (Å²) in [5.74, 6) is -0.0548. The van der Waals surface area contributed by atoms with Crippen LogP contribution in [0.1, 0.15) is 41.7 Å². The summed E-state index contributed by atoms with van der Waals surface area (Å²) in [5.41, 5.74) is 3.57. The van der Waals surface area contributed by atoms with Crippen molar-refractivity contribution in [3.8, 4) is 11.5 Å². The van der Waals surface area contributed by atoms with Gasteiger partial charge in [0.15, 0.2) is 5.82 Å². The Hall–Kier alpha value is -3.52. The van der Waals surface area contributed by atoms with Crippen molar-refractivity contribution in [2.24, 2.45) is 0 Å². The van der Waals surface area contributed by atoms with Gasteiger partial charge in [0.1, 0.15) is 24.3 Å². The smallest absolute Gasteiger partial charge is 0.306 e. The highest BCUT2D eigenvalue weighted by atomic mass is 16.6. The first kappa shape index (κ1) is 25.1. The van der Waals surface area contributed by atoms with Crippen molar-refractivity contribution in [3.05, 3.63) is 29.5 Å². The first-order valence-corrected chi connectivity index (χ1v) is 12.5. The molecule has 13 nitrogen and oxygen atoms in total. The van der Waals surface area contributed by atoms with Gasteiger partial charge in [0.25, 0.3) is 5.91 Å². The first-order chi connectivity index (χ1) is 17.9. The Balaban J connectivity index is 1.24. The third-order valence-electron chi connectivity index (χ3n) is 6.68. The number of aliphatic hydroxyl groups excluding tert-OH is 2. The fraction of sp³-hybridized carbons (Fsp3) is 0.500. The van der Waals surface area contributed by atoms with Gasteiger partial charge in [-0.2, -0.15) is 5.10 Å². The van der Waals surface area contributed by atoms with Gasteiger partial charge in [-0.1, -0.05) is 0 Å². The van der Waals surface area contributed by atoms with Crippen molar-refractivity contribution < 1.29 is 24.5 Å². The highest BCUT2D eigenvalue weighted by Gasteiger charge is 2.30. The molecule has 3 atom stereocenters. The number of H-pyrrole nitrogens is 2. The summed E-state index contributed by atoms with van der Waals surface area (Å²) in [4.78, 5) is 32.1. The number of aromatic nitrogens is 4. The molecule has 8 N–H and O–H groups in total. The van der Waals surface area contributed by atoms with E-state index in [1.165, 1.54) is 0 Å². The van der Waals surface area contributed by atoms with E-state index in [4.69, 9.17) is 4.74 Å². The molecule has 0 bridgehead atoms. The second kappa shape index (κ2) is 10.8. The van der Waals surface area contributed by atoms with Crippen LogP contribution < -0.4 is 21.3 Å². The predicted molar refractivity (Wildman–Crippen MR) is 135 cm³/mol. The second-order valence-corrected chi connectivity index (χ2v) is 9.47. The zero-order valence-corrected chi connectivity index (χ0v) is 20.5. The number of aryl methyl sites for hydroxylation is 1. The molecule has 0 spiro atoms. The monoisotopic (exact) mass is 512 g/mol. The fourth-order valence-corrected chi connectivity index (χ4v) is 4.69. The molecule has 2 fully saturated rings. The number of benzene rings is 1. The Labute approximate surface area is 212 Å². The number of hydrogen-bond acceptors (Lipinski definition) is 10. The summed E-state index contributed by atoms with van der Waals surface area (Å²) in [6.07, 6.45) is -0.202. The lowest BCUT2D eigenvalue weighted by molar-refractivity contribution is -0.146. The molecule has 4 heterocycles. The number of aromatic amines is 2. The lowest BCUT2D eigenvalue weighted by Crippen LogP contribution is -2.44. The van der Waals surface area contributed by atoms with Gasteiger partial charge >= 0.3 is 5.97 Å². The molecule has 0 aliphatic carbocycles. The number of nitrogens with one attached hydrogen (secondary N) is 6. The summed E-state index contributed by atoms with van der Waals surface area (Å²) >= 11 is 0. The maximum Gasteiger partial charge on any atom is 0.306 e. The molecule has 2 aliphatic heterocycles. The number of rotatable bonds is 9. The van der Waals surface area contributed by atoms with E-state index in [0.717, 1.165) is 25.9 Å². The normalized spacial score (nSPS) is 20.1. The Morgan fingerprint density at radius 1 is 1.24 bits per heavy atom. The molecule has 2 saturated heterocycles. The minimum Gasteiger partial charge on any atom is -0.458 e. The van der Waals surface area contributed by atoms with Crippen molar-refractivity contribution in [3.63, 3.8) is 0 Å². The number of carbonyl (C=O) groups is 2. The Bertz CT molecular complexity index is 1270. The summed E-state index contributed by atoms with van der Waals surface area (Å²) in [5, 5.41) is 39.8. The summed E-state index contributed by atoms with van der Waals surface area (Å²) in [6.45, 7) is 3.60. The number of anilines is 1. The van der Waals surface area contributed by atoms with Crippen LogP contribution in [0, 0.1) is 6.92 Å². The van der Waals surface area contributed by atoms with Gasteiger partial charge < -0.3 is 35.9 Å². The maximum absolute atomic E-state index is 13.1. The lowest BCUT2D eigenvalue weighted by Gasteiger charge is -2.23. The largest absolute Gasteiger partial charge is 0.458 e. The number of ether oxygens (including phenoxy) is 1. The quantitative estimate of drug-likeness (QED) is 0.144. The summed E-state index contributed by atoms with van der Waals surface area (Å²) in [6, 6.07) is 5.47. The van der Waals surface area contributed by atoms with E-state index in [1.54, 1.807) is 18.2 Å². The minimum atomic E-state index is -1.06. The summed E-state index contributed by atoms with van der Waals surface area (Å²) < 4.78 is 5.02. The Kier molecular flexibility index (Phi) is 7.37. The second-order valence-electron chi connectivity index (χ2n) is 9.47. The van der Waals surface area contributed by atoms with Crippen LogP contribution in [0.4, 0.5) is 5.69 Å². The summed E-state index contributed by atoms with van der Waals surface area (Å²) in [7, 11) is 0. The van der Waals surface area contributed by atoms with E-state index >= 15 is 0 Å². The van der Waals surface area contributed by atoms with E-state index in [2.05, 4.69) is 41.4 Å². The molecule has 198 valence electrons. The lowest BCUT2D eigenvalue weighted by atomic mass is 10.1. The van der Waals surface area contributed by atoms with E-state index in [9.17, 15) is 19.8 Å². The van der Waals surface area contributed by atoms with Gasteiger partial charge in [-0.15, -0.1) is 0 Å². The molecule has 1 amide bonds. The number of esters is 1. The van der Waals surface area contributed by atoms with E-state index < -0.39 is 18.6 Å². The number of imidazole rings is 1. The molecule has 2 aromatic heterocycles. The molecular formula is C24H32N8O5. The number of cyclic esters (lactones) is 1. The standard InChI is InChI=1S/C24H32N8O5/c1-12-20(24(36)28-13-6-8-25-9-7-13)21(32-31-12)22-29-15-3-2-14(10-16(15)30-22)27-18(33)11-26-23(35)17-4-5-19(34)37-17/h2-3,10,13,17-18,23,25-27,33,35H,4-9,11H2,1H3,(H,28,36)(H,29,30)(H,31,32). The topological polar surface area (TPSA) is 189 Å². The molecule has 0 saturated carbocycles. The van der Waals surface area contributed by atoms with Crippen molar-refractivity contribution in [2.45, 2.75) is 57.2 Å². The van der Waals surface area contributed by atoms with Crippen molar-refractivity contribution in [2.75, 3.05) is 25.0 Å². The molecule has 37 heavy (non-hydrogen) atoms. The Morgan fingerprint density at radius 2 is 2.05 bits per heavy atom. The van der Waals surface area contributed by atoms with Gasteiger partial charge in [0.05, 0.1) is 16.6 Å². The third-order valence-corrected chi connectivity index (χ3v) is 6.68. The number of carbonyl (C=O) groups excluding carboxylic acids is 2. The van der Waals surface area contributed by atoms with Crippen molar-refractivity contribution >= 4 is 28.6 Å². The average Bonchev–Trinajstić information content (AvgIpc) is 3.60. The van der Waals surface area contributed by atoms with Crippen molar-refractivity contribution in [1.82, 2.24) is 36.1 Å². The first-order valence-electron chi connectivity index (χ1n) is 12.5. The molecule has 5 rings (SSSR count). The van der Waals surface area contributed by atoms with Crippen molar-refractivity contribution in [1.29, 1.82) is 0 Å². The zero-order chi connectivity index (χ0) is 25.9. The highest BCUT2D eigenvalue weighted by molar-refractivity contribution is 6.01. The van der Waals surface area contributed by atoms with Gasteiger partial charge in [-0.25, -0.2) is 4.98 Å².